The van der Waals surface area contributed by atoms with Crippen molar-refractivity contribution in [3.8, 4) is 5.75 Å². The van der Waals surface area contributed by atoms with Gasteiger partial charge in [0, 0.05) is 10.6 Å². The first kappa shape index (κ1) is 14.4. The lowest BCUT2D eigenvalue weighted by atomic mass is 10.1. The maximum atomic E-state index is 11.2. The van der Waals surface area contributed by atoms with E-state index in [0.717, 1.165) is 16.7 Å². The molecule has 0 saturated carbocycles. The summed E-state index contributed by atoms with van der Waals surface area (Å²) in [4.78, 5) is 11.2. The van der Waals surface area contributed by atoms with E-state index in [1.165, 1.54) is 0 Å². The first-order valence-corrected chi connectivity index (χ1v) is 6.57. The molecule has 2 aromatic carbocycles. The summed E-state index contributed by atoms with van der Waals surface area (Å²) < 4.78 is 5.59. The second-order valence-corrected chi connectivity index (χ2v) is 5.10. The molecule has 0 unspecified atom stereocenters. The predicted octanol–water partition coefficient (Wildman–Crippen LogP) is 4.23. The molecule has 0 aromatic heterocycles. The number of carboxylic acid groups (broad SMARTS) is 1. The average Bonchev–Trinajstić information content (AvgIpc) is 2.38. The summed E-state index contributed by atoms with van der Waals surface area (Å²) in [5.74, 6) is -0.654. The average molecular weight is 291 g/mol. The third kappa shape index (κ3) is 3.31. The molecule has 0 radical (unpaired) electrons. The van der Waals surface area contributed by atoms with Gasteiger partial charge in [-0.1, -0.05) is 35.4 Å². The van der Waals surface area contributed by atoms with E-state index < -0.39 is 5.97 Å². The summed E-state index contributed by atoms with van der Waals surface area (Å²) >= 11 is 6.13. The molecule has 2 rings (SSSR count). The Balaban J connectivity index is 2.20. The minimum Gasteiger partial charge on any atom is -0.488 e. The molecule has 0 aliphatic carbocycles. The highest BCUT2D eigenvalue weighted by molar-refractivity contribution is 6.31. The van der Waals surface area contributed by atoms with Gasteiger partial charge in [0.25, 0.3) is 0 Å². The van der Waals surface area contributed by atoms with Crippen LogP contribution in [-0.4, -0.2) is 11.1 Å². The Morgan fingerprint density at radius 3 is 2.45 bits per heavy atom. The first-order chi connectivity index (χ1) is 9.47. The van der Waals surface area contributed by atoms with Crippen molar-refractivity contribution < 1.29 is 14.6 Å². The zero-order valence-corrected chi connectivity index (χ0v) is 12.1. The van der Waals surface area contributed by atoms with Gasteiger partial charge in [0.05, 0.1) is 0 Å². The summed E-state index contributed by atoms with van der Waals surface area (Å²) in [5.41, 5.74) is 2.94. The second kappa shape index (κ2) is 5.97. The van der Waals surface area contributed by atoms with Crippen molar-refractivity contribution in [2.75, 3.05) is 0 Å². The van der Waals surface area contributed by atoms with E-state index >= 15 is 0 Å². The van der Waals surface area contributed by atoms with Crippen LogP contribution in [0.1, 0.15) is 27.0 Å². The highest BCUT2D eigenvalue weighted by Crippen LogP contribution is 2.23. The molecule has 0 spiro atoms. The minimum absolute atomic E-state index is 0.160. The molecule has 20 heavy (non-hydrogen) atoms. The quantitative estimate of drug-likeness (QED) is 0.916. The first-order valence-electron chi connectivity index (χ1n) is 6.19. The molecule has 3 nitrogen and oxygen atoms in total. The lowest BCUT2D eigenvalue weighted by Gasteiger charge is -2.11. The van der Waals surface area contributed by atoms with Crippen LogP contribution in [0, 0.1) is 13.8 Å². The van der Waals surface area contributed by atoms with Crippen LogP contribution in [-0.2, 0) is 6.61 Å². The van der Waals surface area contributed by atoms with Crippen LogP contribution in [0.5, 0.6) is 5.75 Å². The second-order valence-electron chi connectivity index (χ2n) is 4.69. The van der Waals surface area contributed by atoms with Crippen molar-refractivity contribution in [1.82, 2.24) is 0 Å². The number of benzene rings is 2. The third-order valence-electron chi connectivity index (χ3n) is 2.96. The Morgan fingerprint density at radius 2 is 1.80 bits per heavy atom. The van der Waals surface area contributed by atoms with Crippen molar-refractivity contribution in [2.24, 2.45) is 0 Å². The van der Waals surface area contributed by atoms with Crippen molar-refractivity contribution in [2.45, 2.75) is 20.5 Å². The van der Waals surface area contributed by atoms with E-state index in [0.29, 0.717) is 10.8 Å². The predicted molar refractivity (Wildman–Crippen MR) is 78.7 cm³/mol. The molecule has 2 aromatic rings. The van der Waals surface area contributed by atoms with Gasteiger partial charge in [-0.15, -0.1) is 0 Å². The number of hydrogen-bond acceptors (Lipinski definition) is 2. The molecule has 0 fully saturated rings. The van der Waals surface area contributed by atoms with Gasteiger partial charge < -0.3 is 9.84 Å². The van der Waals surface area contributed by atoms with E-state index in [1.54, 1.807) is 12.1 Å². The monoisotopic (exact) mass is 290 g/mol. The van der Waals surface area contributed by atoms with Crippen molar-refractivity contribution in [3.05, 3.63) is 63.7 Å². The van der Waals surface area contributed by atoms with Gasteiger partial charge in [-0.05, 0) is 37.6 Å². The van der Waals surface area contributed by atoms with E-state index in [-0.39, 0.29) is 12.2 Å². The Morgan fingerprint density at radius 1 is 1.15 bits per heavy atom. The van der Waals surface area contributed by atoms with Crippen LogP contribution >= 0.6 is 11.6 Å². The van der Waals surface area contributed by atoms with Crippen molar-refractivity contribution >= 4 is 17.6 Å². The third-order valence-corrected chi connectivity index (χ3v) is 3.31. The van der Waals surface area contributed by atoms with Gasteiger partial charge in [-0.2, -0.15) is 0 Å². The number of halogens is 1. The SMILES string of the molecule is Cc1ccc(COc2ccc(C)cc2C(=O)O)c(Cl)c1. The molecular formula is C16H15ClO3. The van der Waals surface area contributed by atoms with Crippen LogP contribution in [0.2, 0.25) is 5.02 Å². The van der Waals surface area contributed by atoms with E-state index in [2.05, 4.69) is 0 Å². The zero-order valence-electron chi connectivity index (χ0n) is 11.3. The summed E-state index contributed by atoms with van der Waals surface area (Å²) in [6, 6.07) is 10.8. The van der Waals surface area contributed by atoms with Gasteiger partial charge >= 0.3 is 5.97 Å². The molecule has 0 amide bonds. The van der Waals surface area contributed by atoms with Crippen LogP contribution < -0.4 is 4.74 Å². The Hall–Kier alpha value is -2.00. The number of aryl methyl sites for hydroxylation is 2. The zero-order chi connectivity index (χ0) is 14.7. The molecule has 1 N–H and O–H groups in total. The molecule has 0 aliphatic heterocycles. The number of aromatic carboxylic acids is 1. The fourth-order valence-corrected chi connectivity index (χ4v) is 2.15. The van der Waals surface area contributed by atoms with Gasteiger partial charge in [0.2, 0.25) is 0 Å². The Bertz CT molecular complexity index is 650. The lowest BCUT2D eigenvalue weighted by Crippen LogP contribution is -2.04. The number of rotatable bonds is 4. The largest absolute Gasteiger partial charge is 0.488 e. The normalized spacial score (nSPS) is 10.3. The highest BCUT2D eigenvalue weighted by Gasteiger charge is 2.12. The summed E-state index contributed by atoms with van der Waals surface area (Å²) in [6.45, 7) is 4.04. The Kier molecular flexibility index (Phi) is 4.30. The highest BCUT2D eigenvalue weighted by atomic mass is 35.5. The summed E-state index contributed by atoms with van der Waals surface area (Å²) in [5, 5.41) is 9.79. The number of carboxylic acids is 1. The van der Waals surface area contributed by atoms with Gasteiger partial charge in [-0.3, -0.25) is 0 Å². The fourth-order valence-electron chi connectivity index (χ4n) is 1.86. The number of ether oxygens (including phenoxy) is 1. The van der Waals surface area contributed by atoms with Gasteiger partial charge in [0.1, 0.15) is 17.9 Å². The molecule has 104 valence electrons. The summed E-state index contributed by atoms with van der Waals surface area (Å²) in [7, 11) is 0. The minimum atomic E-state index is -1.00. The topological polar surface area (TPSA) is 46.5 Å². The van der Waals surface area contributed by atoms with E-state index in [4.69, 9.17) is 16.3 Å². The molecule has 0 atom stereocenters. The molecule has 4 heteroatoms. The summed E-state index contributed by atoms with van der Waals surface area (Å²) in [6.07, 6.45) is 0. The maximum absolute atomic E-state index is 11.2. The molecule has 0 heterocycles. The van der Waals surface area contributed by atoms with Gasteiger partial charge in [0.15, 0.2) is 0 Å². The van der Waals surface area contributed by atoms with Crippen LogP contribution in [0.25, 0.3) is 0 Å². The smallest absolute Gasteiger partial charge is 0.339 e. The number of carbonyl (C=O) groups is 1. The molecular weight excluding hydrogens is 276 g/mol. The lowest BCUT2D eigenvalue weighted by molar-refractivity contribution is 0.0691. The van der Waals surface area contributed by atoms with Crippen molar-refractivity contribution in [1.29, 1.82) is 0 Å². The molecule has 0 saturated heterocycles. The molecule has 0 bridgehead atoms. The van der Waals surface area contributed by atoms with E-state index in [1.807, 2.05) is 38.1 Å². The number of hydrogen-bond donors (Lipinski definition) is 1. The van der Waals surface area contributed by atoms with E-state index in [9.17, 15) is 9.90 Å². The standard InChI is InChI=1S/C16H15ClO3/c1-10-4-6-15(13(7-10)16(18)19)20-9-12-5-3-11(2)8-14(12)17/h3-8H,9H2,1-2H3,(H,18,19). The van der Waals surface area contributed by atoms with Crippen LogP contribution in [0.3, 0.4) is 0 Å². The fraction of sp³-hybridized carbons (Fsp3) is 0.188. The molecule has 0 aliphatic rings. The van der Waals surface area contributed by atoms with Crippen LogP contribution in [0.4, 0.5) is 0 Å². The Labute approximate surface area is 122 Å². The van der Waals surface area contributed by atoms with Crippen molar-refractivity contribution in [3.63, 3.8) is 0 Å². The maximum Gasteiger partial charge on any atom is 0.339 e. The van der Waals surface area contributed by atoms with Crippen LogP contribution in [0.15, 0.2) is 36.4 Å². The van der Waals surface area contributed by atoms with Gasteiger partial charge in [-0.25, -0.2) is 4.79 Å².